The normalized spacial score (nSPS) is 10.8. The zero-order valence-corrected chi connectivity index (χ0v) is 15.2. The molecule has 1 aromatic heterocycles. The van der Waals surface area contributed by atoms with Gasteiger partial charge in [-0.25, -0.2) is 9.48 Å². The largest absolute Gasteiger partial charge is 0.423 e. The van der Waals surface area contributed by atoms with Crippen molar-refractivity contribution >= 4 is 22.8 Å². The maximum atomic E-state index is 12.4. The van der Waals surface area contributed by atoms with Crippen LogP contribution in [-0.4, -0.2) is 26.7 Å². The number of hydrogen-bond donors (Lipinski definition) is 0. The van der Waals surface area contributed by atoms with Gasteiger partial charge in [-0.05, 0) is 49.4 Å². The van der Waals surface area contributed by atoms with Crippen LogP contribution in [0.3, 0.4) is 0 Å². The number of hydrogen-bond acceptors (Lipinski definition) is 5. The van der Waals surface area contributed by atoms with Crippen LogP contribution in [0.2, 0.25) is 0 Å². The molecule has 0 fully saturated rings. The predicted molar refractivity (Wildman–Crippen MR) is 104 cm³/mol. The Balaban J connectivity index is 1.50. The summed E-state index contributed by atoms with van der Waals surface area (Å²) in [4.78, 5) is 24.9. The molecule has 0 bridgehead atoms. The Labute approximate surface area is 161 Å². The van der Waals surface area contributed by atoms with Crippen LogP contribution in [0.5, 0.6) is 5.75 Å². The number of aromatic nitrogens is 3. The van der Waals surface area contributed by atoms with Gasteiger partial charge in [0.05, 0.1) is 11.1 Å². The number of carbonyl (C=O) groups is 2. The van der Waals surface area contributed by atoms with Gasteiger partial charge in [0.15, 0.2) is 5.78 Å². The van der Waals surface area contributed by atoms with Gasteiger partial charge in [-0.2, -0.15) is 0 Å². The third-order valence-corrected chi connectivity index (χ3v) is 4.41. The second-order valence-electron chi connectivity index (χ2n) is 6.22. The summed E-state index contributed by atoms with van der Waals surface area (Å²) in [6.07, 6.45) is 0. The Morgan fingerprint density at radius 1 is 0.893 bits per heavy atom. The fourth-order valence-electron chi connectivity index (χ4n) is 2.93. The quantitative estimate of drug-likeness (QED) is 0.302. The Morgan fingerprint density at radius 2 is 1.57 bits per heavy atom. The molecule has 4 rings (SSSR count). The first-order valence-corrected chi connectivity index (χ1v) is 8.91. The van der Waals surface area contributed by atoms with Crippen molar-refractivity contribution in [2.24, 2.45) is 0 Å². The van der Waals surface area contributed by atoms with Gasteiger partial charge in [0.2, 0.25) is 0 Å². The van der Waals surface area contributed by atoms with E-state index in [1.807, 2.05) is 25.1 Å². The first-order chi connectivity index (χ1) is 13.7. The van der Waals surface area contributed by atoms with Crippen LogP contribution >= 0.6 is 0 Å². The van der Waals surface area contributed by atoms with Gasteiger partial charge in [-0.15, -0.1) is 5.10 Å². The Hall–Kier alpha value is -3.80. The van der Waals surface area contributed by atoms with Crippen molar-refractivity contribution in [3.63, 3.8) is 0 Å². The van der Waals surface area contributed by atoms with Crippen LogP contribution in [0.15, 0.2) is 72.8 Å². The lowest BCUT2D eigenvalue weighted by Gasteiger charge is -2.06. The minimum atomic E-state index is -0.491. The second kappa shape index (κ2) is 7.44. The third kappa shape index (κ3) is 3.40. The number of carbonyl (C=O) groups excluding carboxylic acids is 2. The van der Waals surface area contributed by atoms with Gasteiger partial charge in [-0.1, -0.05) is 35.5 Å². The van der Waals surface area contributed by atoms with E-state index in [9.17, 15) is 9.59 Å². The van der Waals surface area contributed by atoms with Crippen LogP contribution in [0.25, 0.3) is 11.0 Å². The molecule has 0 radical (unpaired) electrons. The molecule has 0 aliphatic carbocycles. The van der Waals surface area contributed by atoms with Gasteiger partial charge in [0.25, 0.3) is 0 Å². The monoisotopic (exact) mass is 371 g/mol. The first-order valence-electron chi connectivity index (χ1n) is 8.91. The summed E-state index contributed by atoms with van der Waals surface area (Å²) < 4.78 is 7.17. The number of rotatable bonds is 5. The molecule has 0 unspecified atom stereocenters. The van der Waals surface area contributed by atoms with Crippen LogP contribution in [0.4, 0.5) is 0 Å². The van der Waals surface area contributed by atoms with E-state index in [1.165, 1.54) is 0 Å². The highest BCUT2D eigenvalue weighted by atomic mass is 16.5. The number of ketones is 1. The number of fused-ring (bicyclic) bond motifs is 1. The summed E-state index contributed by atoms with van der Waals surface area (Å²) in [5.41, 5.74) is 3.03. The predicted octanol–water partition coefficient (Wildman–Crippen LogP) is 3.90. The Kier molecular flexibility index (Phi) is 4.68. The van der Waals surface area contributed by atoms with Gasteiger partial charge >= 0.3 is 5.97 Å². The lowest BCUT2D eigenvalue weighted by Crippen LogP contribution is -2.09. The van der Waals surface area contributed by atoms with Crippen molar-refractivity contribution in [3.05, 3.63) is 89.5 Å². The topological polar surface area (TPSA) is 74.1 Å². The molecule has 0 aliphatic heterocycles. The molecule has 0 atom stereocenters. The van der Waals surface area contributed by atoms with Crippen molar-refractivity contribution in [3.8, 4) is 5.75 Å². The van der Waals surface area contributed by atoms with E-state index < -0.39 is 5.97 Å². The summed E-state index contributed by atoms with van der Waals surface area (Å²) in [6.45, 7) is 2.68. The highest BCUT2D eigenvalue weighted by Gasteiger charge is 2.13. The molecule has 4 aromatic rings. The molecule has 6 heteroatoms. The van der Waals surface area contributed by atoms with Gasteiger partial charge < -0.3 is 4.74 Å². The highest BCUT2D eigenvalue weighted by Crippen LogP contribution is 2.19. The van der Waals surface area contributed by atoms with Crippen LogP contribution in [-0.2, 0) is 6.54 Å². The molecular weight excluding hydrogens is 354 g/mol. The number of ether oxygens (including phenoxy) is 1. The van der Waals surface area contributed by atoms with Crippen molar-refractivity contribution in [1.29, 1.82) is 0 Å². The average molecular weight is 371 g/mol. The zero-order chi connectivity index (χ0) is 19.5. The number of esters is 1. The van der Waals surface area contributed by atoms with Crippen molar-refractivity contribution < 1.29 is 14.3 Å². The fraction of sp³-hybridized carbons (Fsp3) is 0.0909. The molecule has 0 saturated heterocycles. The van der Waals surface area contributed by atoms with Crippen molar-refractivity contribution in [2.75, 3.05) is 0 Å². The minimum absolute atomic E-state index is 0.0806. The van der Waals surface area contributed by atoms with Gasteiger partial charge in [0, 0.05) is 17.7 Å². The highest BCUT2D eigenvalue weighted by molar-refractivity contribution is 6.09. The molecule has 6 nitrogen and oxygen atoms in total. The van der Waals surface area contributed by atoms with E-state index in [2.05, 4.69) is 10.3 Å². The summed E-state index contributed by atoms with van der Waals surface area (Å²) >= 11 is 0. The lowest BCUT2D eigenvalue weighted by atomic mass is 10.0. The number of nitrogens with zero attached hydrogens (tertiary/aromatic N) is 3. The summed E-state index contributed by atoms with van der Waals surface area (Å²) in [6, 6.07) is 20.7. The van der Waals surface area contributed by atoms with Crippen LogP contribution in [0, 0.1) is 0 Å². The SMILES string of the molecule is CCn1nnc2cc(C(=O)Oc3ccc(C(=O)c4ccccc4)cc3)ccc21. The maximum Gasteiger partial charge on any atom is 0.343 e. The fourth-order valence-corrected chi connectivity index (χ4v) is 2.93. The average Bonchev–Trinajstić information content (AvgIpc) is 3.16. The number of benzene rings is 3. The van der Waals surface area contributed by atoms with Crippen molar-refractivity contribution in [1.82, 2.24) is 15.0 Å². The first kappa shape index (κ1) is 17.6. The smallest absolute Gasteiger partial charge is 0.343 e. The molecule has 28 heavy (non-hydrogen) atoms. The summed E-state index contributed by atoms with van der Waals surface area (Å²) in [5.74, 6) is -0.204. The molecule has 0 spiro atoms. The van der Waals surface area contributed by atoms with E-state index in [0.717, 1.165) is 5.52 Å². The standard InChI is InChI=1S/C22H17N3O3/c1-2-25-20-13-10-17(14-19(20)23-24-25)22(27)28-18-11-8-16(9-12-18)21(26)15-6-4-3-5-7-15/h3-14H,2H2,1H3. The van der Waals surface area contributed by atoms with E-state index in [1.54, 1.807) is 59.3 Å². The maximum absolute atomic E-state index is 12.4. The van der Waals surface area contributed by atoms with E-state index in [-0.39, 0.29) is 5.78 Å². The third-order valence-electron chi connectivity index (χ3n) is 4.41. The van der Waals surface area contributed by atoms with Gasteiger partial charge in [-0.3, -0.25) is 4.79 Å². The Morgan fingerprint density at radius 3 is 2.29 bits per heavy atom. The summed E-state index contributed by atoms with van der Waals surface area (Å²) in [7, 11) is 0. The molecule has 0 N–H and O–H groups in total. The molecule has 1 heterocycles. The Bertz CT molecular complexity index is 1150. The molecule has 0 saturated carbocycles. The second-order valence-corrected chi connectivity index (χ2v) is 6.22. The molecule has 3 aromatic carbocycles. The summed E-state index contributed by atoms with van der Waals surface area (Å²) in [5, 5.41) is 8.10. The molecule has 0 amide bonds. The van der Waals surface area contributed by atoms with E-state index in [4.69, 9.17) is 4.74 Å². The van der Waals surface area contributed by atoms with Crippen LogP contribution in [0.1, 0.15) is 33.2 Å². The molecule has 138 valence electrons. The molecular formula is C22H17N3O3. The van der Waals surface area contributed by atoms with Crippen LogP contribution < -0.4 is 4.74 Å². The zero-order valence-electron chi connectivity index (χ0n) is 15.2. The van der Waals surface area contributed by atoms with E-state index >= 15 is 0 Å². The lowest BCUT2D eigenvalue weighted by molar-refractivity contribution is 0.0735. The number of aryl methyl sites for hydroxylation is 1. The molecule has 0 aliphatic rings. The van der Waals surface area contributed by atoms with Gasteiger partial charge in [0.1, 0.15) is 11.3 Å². The van der Waals surface area contributed by atoms with E-state index in [0.29, 0.717) is 34.5 Å². The van der Waals surface area contributed by atoms with Crippen molar-refractivity contribution in [2.45, 2.75) is 13.5 Å². The minimum Gasteiger partial charge on any atom is -0.423 e.